The number of aryl methyl sites for hydroxylation is 1. The average Bonchev–Trinajstić information content (AvgIpc) is 3.28. The van der Waals surface area contributed by atoms with Crippen molar-refractivity contribution in [1.82, 2.24) is 14.8 Å². The monoisotopic (exact) mass is 482 g/mol. The van der Waals surface area contributed by atoms with Crippen molar-refractivity contribution in [1.29, 1.82) is 0 Å². The Morgan fingerprint density at radius 2 is 2.03 bits per heavy atom. The first-order chi connectivity index (χ1) is 14.4. The van der Waals surface area contributed by atoms with Crippen LogP contribution in [0.3, 0.4) is 0 Å². The Hall–Kier alpha value is -3.04. The molecule has 2 N–H and O–H groups in total. The van der Waals surface area contributed by atoms with Crippen molar-refractivity contribution >= 4 is 55.2 Å². The van der Waals surface area contributed by atoms with Crippen LogP contribution in [-0.4, -0.2) is 31.7 Å². The van der Waals surface area contributed by atoms with E-state index in [9.17, 15) is 9.59 Å². The van der Waals surface area contributed by atoms with E-state index in [1.807, 2.05) is 25.1 Å². The van der Waals surface area contributed by atoms with Crippen LogP contribution in [0, 0.1) is 6.92 Å². The van der Waals surface area contributed by atoms with Crippen LogP contribution in [0.25, 0.3) is 15.3 Å². The number of rotatable bonds is 3. The highest BCUT2D eigenvalue weighted by molar-refractivity contribution is 9.10. The Morgan fingerprint density at radius 3 is 2.77 bits per heavy atom. The van der Waals surface area contributed by atoms with Crippen molar-refractivity contribution in [2.45, 2.75) is 19.3 Å². The summed E-state index contributed by atoms with van der Waals surface area (Å²) < 4.78 is 3.69. The molecule has 2 aromatic heterocycles. The second-order valence-corrected chi connectivity index (χ2v) is 9.02. The van der Waals surface area contributed by atoms with Crippen LogP contribution in [0.1, 0.15) is 39.5 Å². The van der Waals surface area contributed by atoms with E-state index in [1.54, 1.807) is 28.9 Å². The number of fused-ring (bicyclic) bond motifs is 2. The van der Waals surface area contributed by atoms with E-state index >= 15 is 0 Å². The van der Waals surface area contributed by atoms with Crippen LogP contribution in [0.4, 0.5) is 5.82 Å². The molecule has 1 aliphatic rings. The summed E-state index contributed by atoms with van der Waals surface area (Å²) in [4.78, 5) is 28.4. The number of carboxylic acids is 1. The van der Waals surface area contributed by atoms with E-state index in [0.717, 1.165) is 31.5 Å². The topological polar surface area (TPSA) is 97.1 Å². The molecule has 7 nitrogen and oxygen atoms in total. The van der Waals surface area contributed by atoms with Gasteiger partial charge in [0.05, 0.1) is 21.5 Å². The molecule has 30 heavy (non-hydrogen) atoms. The van der Waals surface area contributed by atoms with Crippen LogP contribution in [0.2, 0.25) is 0 Å². The zero-order chi connectivity index (χ0) is 21.0. The van der Waals surface area contributed by atoms with E-state index in [1.165, 1.54) is 11.3 Å². The largest absolute Gasteiger partial charge is 0.478 e. The second kappa shape index (κ2) is 7.03. The lowest BCUT2D eigenvalue weighted by molar-refractivity contribution is -0.116. The highest BCUT2D eigenvalue weighted by Crippen LogP contribution is 2.41. The normalized spacial score (nSPS) is 15.8. The van der Waals surface area contributed by atoms with Gasteiger partial charge in [-0.2, -0.15) is 9.78 Å². The van der Waals surface area contributed by atoms with Gasteiger partial charge in [-0.05, 0) is 42.8 Å². The van der Waals surface area contributed by atoms with Gasteiger partial charge in [-0.25, -0.2) is 9.78 Å². The van der Waals surface area contributed by atoms with Gasteiger partial charge in [0, 0.05) is 22.4 Å². The molecular weight excluding hydrogens is 468 g/mol. The molecule has 150 valence electrons. The number of halogens is 1. The summed E-state index contributed by atoms with van der Waals surface area (Å²) in [5, 5.41) is 17.5. The number of hydrogen-bond donors (Lipinski definition) is 2. The maximum Gasteiger partial charge on any atom is 0.335 e. The summed E-state index contributed by atoms with van der Waals surface area (Å²) in [6.45, 7) is 1.91. The number of aromatic carboxylic acids is 1. The molecule has 0 unspecified atom stereocenters. The lowest BCUT2D eigenvalue weighted by atomic mass is 9.85. The van der Waals surface area contributed by atoms with Gasteiger partial charge < -0.3 is 10.4 Å². The Labute approximate surface area is 183 Å². The molecule has 1 aliphatic heterocycles. The van der Waals surface area contributed by atoms with Crippen molar-refractivity contribution in [2.24, 2.45) is 0 Å². The first kappa shape index (κ1) is 19.0. The SMILES string of the molecule is Cc1nn(-c2nc3ccc(Br)cc3s2)c2c1[C@@H](c1ccc(C(=O)O)cc1)CC(=O)N2. The standard InChI is InChI=1S/C21H15BrN4O3S/c1-10-18-14(11-2-4-12(5-3-11)20(28)29)9-17(27)24-19(18)26(25-10)21-23-15-7-6-13(22)8-16(15)30-21/h2-8,14H,9H2,1H3,(H,24,27)(H,28,29)/t14-/m1/s1. The molecule has 0 saturated heterocycles. The fourth-order valence-corrected chi connectivity index (χ4v) is 5.28. The summed E-state index contributed by atoms with van der Waals surface area (Å²) in [6, 6.07) is 12.5. The van der Waals surface area contributed by atoms with Gasteiger partial charge >= 0.3 is 5.97 Å². The minimum absolute atomic E-state index is 0.111. The summed E-state index contributed by atoms with van der Waals surface area (Å²) in [7, 11) is 0. The van der Waals surface area contributed by atoms with E-state index in [4.69, 9.17) is 5.11 Å². The van der Waals surface area contributed by atoms with Crippen molar-refractivity contribution in [3.05, 3.63) is 69.3 Å². The van der Waals surface area contributed by atoms with Crippen LogP contribution >= 0.6 is 27.3 Å². The fraction of sp³-hybridized carbons (Fsp3) is 0.143. The fourth-order valence-electron chi connectivity index (χ4n) is 3.81. The van der Waals surface area contributed by atoms with Crippen molar-refractivity contribution in [3.63, 3.8) is 0 Å². The van der Waals surface area contributed by atoms with Gasteiger partial charge in [0.2, 0.25) is 11.0 Å². The van der Waals surface area contributed by atoms with Gasteiger partial charge in [0.15, 0.2) is 0 Å². The number of hydrogen-bond acceptors (Lipinski definition) is 5. The van der Waals surface area contributed by atoms with E-state index in [-0.39, 0.29) is 23.8 Å². The summed E-state index contributed by atoms with van der Waals surface area (Å²) in [6.07, 6.45) is 0.277. The third-order valence-corrected chi connectivity index (χ3v) is 6.67. The highest BCUT2D eigenvalue weighted by atomic mass is 79.9. The maximum absolute atomic E-state index is 12.5. The second-order valence-electron chi connectivity index (χ2n) is 7.10. The zero-order valence-corrected chi connectivity index (χ0v) is 18.1. The molecule has 0 saturated carbocycles. The number of nitrogens with one attached hydrogen (secondary N) is 1. The molecular formula is C21H15BrN4O3S. The lowest BCUT2D eigenvalue weighted by Gasteiger charge is -2.24. The van der Waals surface area contributed by atoms with E-state index < -0.39 is 5.97 Å². The smallest absolute Gasteiger partial charge is 0.335 e. The van der Waals surface area contributed by atoms with Gasteiger partial charge in [0.1, 0.15) is 5.82 Å². The first-order valence-electron chi connectivity index (χ1n) is 9.20. The summed E-state index contributed by atoms with van der Waals surface area (Å²) >= 11 is 4.98. The number of amides is 1. The molecule has 1 amide bonds. The molecule has 0 bridgehead atoms. The number of anilines is 1. The van der Waals surface area contributed by atoms with Gasteiger partial charge in [-0.1, -0.05) is 39.4 Å². The molecule has 0 radical (unpaired) electrons. The first-order valence-corrected chi connectivity index (χ1v) is 10.8. The summed E-state index contributed by atoms with van der Waals surface area (Å²) in [5.41, 5.74) is 3.69. The molecule has 0 fully saturated rings. The molecule has 3 heterocycles. The molecule has 0 aliphatic carbocycles. The Kier molecular flexibility index (Phi) is 4.44. The predicted octanol–water partition coefficient (Wildman–Crippen LogP) is 4.73. The predicted molar refractivity (Wildman–Crippen MR) is 118 cm³/mol. The van der Waals surface area contributed by atoms with Crippen molar-refractivity contribution in [2.75, 3.05) is 5.32 Å². The lowest BCUT2D eigenvalue weighted by Crippen LogP contribution is -2.25. The van der Waals surface area contributed by atoms with Crippen LogP contribution < -0.4 is 5.32 Å². The highest BCUT2D eigenvalue weighted by Gasteiger charge is 2.33. The molecule has 9 heteroatoms. The van der Waals surface area contributed by atoms with Gasteiger partial charge in [-0.15, -0.1) is 0 Å². The number of thiazole rings is 1. The number of aromatic nitrogens is 3. The van der Waals surface area contributed by atoms with Gasteiger partial charge in [0.25, 0.3) is 0 Å². The molecule has 4 aromatic rings. The van der Waals surface area contributed by atoms with Gasteiger partial charge in [-0.3, -0.25) is 4.79 Å². The number of nitrogens with zero attached hydrogens (tertiary/aromatic N) is 3. The van der Waals surface area contributed by atoms with Crippen LogP contribution in [0.15, 0.2) is 46.9 Å². The van der Waals surface area contributed by atoms with Crippen molar-refractivity contribution < 1.29 is 14.7 Å². The quantitative estimate of drug-likeness (QED) is 0.440. The Bertz CT molecular complexity index is 1330. The molecule has 1 atom stereocenters. The minimum atomic E-state index is -0.977. The van der Waals surface area contributed by atoms with E-state index in [0.29, 0.717) is 10.9 Å². The molecule has 2 aromatic carbocycles. The number of carbonyl (C=O) groups excluding carboxylic acids is 1. The maximum atomic E-state index is 12.5. The van der Waals surface area contributed by atoms with Crippen LogP contribution in [-0.2, 0) is 4.79 Å². The third kappa shape index (κ3) is 3.10. The molecule has 0 spiro atoms. The zero-order valence-electron chi connectivity index (χ0n) is 15.7. The third-order valence-electron chi connectivity index (χ3n) is 5.18. The Morgan fingerprint density at radius 1 is 1.27 bits per heavy atom. The Balaban J connectivity index is 1.63. The average molecular weight is 483 g/mol. The van der Waals surface area contributed by atoms with Crippen LogP contribution in [0.5, 0.6) is 0 Å². The number of benzene rings is 2. The van der Waals surface area contributed by atoms with E-state index in [2.05, 4.69) is 31.3 Å². The number of carbonyl (C=O) groups is 2. The minimum Gasteiger partial charge on any atom is -0.478 e. The molecule has 5 rings (SSSR count). The summed E-state index contributed by atoms with van der Waals surface area (Å²) in [5.74, 6) is -0.669. The number of carboxylic acid groups (broad SMARTS) is 1. The van der Waals surface area contributed by atoms with Crippen molar-refractivity contribution in [3.8, 4) is 5.13 Å².